The number of carboxylic acid groups (broad SMARTS) is 1. The molecule has 28 heavy (non-hydrogen) atoms. The second-order valence-electron chi connectivity index (χ2n) is 8.80. The van der Waals surface area contributed by atoms with Crippen LogP contribution in [0.5, 0.6) is 0 Å². The third kappa shape index (κ3) is 13.3. The van der Waals surface area contributed by atoms with Gasteiger partial charge in [0.05, 0.1) is 40.2 Å². The maximum atomic E-state index is 12.1. The van der Waals surface area contributed by atoms with E-state index in [1.54, 1.807) is 0 Å². The Kier molecular flexibility index (Phi) is 11.5. The fourth-order valence-corrected chi connectivity index (χ4v) is 3.48. The molecule has 1 unspecified atom stereocenters. The first-order valence-electron chi connectivity index (χ1n) is 10.6. The average molecular weight is 392 g/mol. The summed E-state index contributed by atoms with van der Waals surface area (Å²) >= 11 is 0. The Hall–Kier alpha value is -1.88. The lowest BCUT2D eigenvalue weighted by Crippen LogP contribution is -2.49. The van der Waals surface area contributed by atoms with E-state index in [9.17, 15) is 9.59 Å². The van der Waals surface area contributed by atoms with E-state index in [0.717, 1.165) is 25.7 Å². The second kappa shape index (κ2) is 13.3. The zero-order chi connectivity index (χ0) is 20.8. The van der Waals surface area contributed by atoms with E-state index in [0.29, 0.717) is 17.4 Å². The normalized spacial score (nSPS) is 12.5. The highest BCUT2D eigenvalue weighted by molar-refractivity contribution is 5.77. The molecule has 0 bridgehead atoms. The lowest BCUT2D eigenvalue weighted by atomic mass is 10.0. The van der Waals surface area contributed by atoms with Crippen LogP contribution in [0.1, 0.15) is 63.4 Å². The third-order valence-electron chi connectivity index (χ3n) is 4.77. The predicted molar refractivity (Wildman–Crippen MR) is 114 cm³/mol. The van der Waals surface area contributed by atoms with Crippen LogP contribution in [0.2, 0.25) is 0 Å². The molecule has 2 N–H and O–H groups in total. The molecule has 0 saturated heterocycles. The molecule has 0 radical (unpaired) electrons. The summed E-state index contributed by atoms with van der Waals surface area (Å²) in [7, 11) is 6.00. The number of aryl methyl sites for hydroxylation is 1. The van der Waals surface area contributed by atoms with Crippen molar-refractivity contribution in [3.05, 3.63) is 35.9 Å². The van der Waals surface area contributed by atoms with Gasteiger partial charge in [0.15, 0.2) is 0 Å². The highest BCUT2D eigenvalue weighted by Gasteiger charge is 2.22. The van der Waals surface area contributed by atoms with Crippen LogP contribution in [0.15, 0.2) is 30.3 Å². The van der Waals surface area contributed by atoms with Crippen LogP contribution in [0.4, 0.5) is 0 Å². The molecular formula is C23H39N2O3+. The standard InChI is InChI=1S/C23H38N2O3/c1-25(2,3)19-21(18-23(27)28)24-22(26)17-13-8-6-4-5-7-10-14-20-15-11-9-12-16-20/h9,11-12,15-16,21H,4-8,10,13-14,17-19H2,1-3H3,(H-,24,26,27,28)/p+1. The van der Waals surface area contributed by atoms with E-state index in [1.165, 1.54) is 31.2 Å². The van der Waals surface area contributed by atoms with Crippen LogP contribution < -0.4 is 5.32 Å². The third-order valence-corrected chi connectivity index (χ3v) is 4.77. The van der Waals surface area contributed by atoms with Gasteiger partial charge in [0.2, 0.25) is 5.91 Å². The minimum absolute atomic E-state index is 0.0236. The molecule has 0 saturated carbocycles. The summed E-state index contributed by atoms with van der Waals surface area (Å²) in [5.74, 6) is -0.895. The molecule has 1 amide bonds. The molecule has 0 spiro atoms. The van der Waals surface area contributed by atoms with Crippen LogP contribution in [-0.4, -0.2) is 55.2 Å². The summed E-state index contributed by atoms with van der Waals surface area (Å²) in [4.78, 5) is 23.1. The smallest absolute Gasteiger partial charge is 0.305 e. The number of hydrogen-bond acceptors (Lipinski definition) is 2. The Bertz CT molecular complexity index is 567. The minimum atomic E-state index is -0.869. The van der Waals surface area contributed by atoms with Gasteiger partial charge < -0.3 is 14.9 Å². The van der Waals surface area contributed by atoms with Gasteiger partial charge in [-0.25, -0.2) is 0 Å². The number of rotatable bonds is 15. The number of carboxylic acids is 1. The summed E-state index contributed by atoms with van der Waals surface area (Å²) < 4.78 is 0.627. The van der Waals surface area contributed by atoms with E-state index in [4.69, 9.17) is 5.11 Å². The van der Waals surface area contributed by atoms with Crippen LogP contribution in [0.3, 0.4) is 0 Å². The van der Waals surface area contributed by atoms with E-state index in [2.05, 4.69) is 35.6 Å². The number of nitrogens with zero attached hydrogens (tertiary/aromatic N) is 1. The zero-order valence-electron chi connectivity index (χ0n) is 18.0. The highest BCUT2D eigenvalue weighted by atomic mass is 16.4. The molecule has 0 aliphatic rings. The molecule has 0 fully saturated rings. The van der Waals surface area contributed by atoms with Crippen LogP contribution in [-0.2, 0) is 16.0 Å². The Morgan fingerprint density at radius 3 is 2.07 bits per heavy atom. The first-order chi connectivity index (χ1) is 13.3. The second-order valence-corrected chi connectivity index (χ2v) is 8.80. The number of hydrogen-bond donors (Lipinski definition) is 2. The number of amides is 1. The number of unbranched alkanes of at least 4 members (excludes halogenated alkanes) is 6. The van der Waals surface area contributed by atoms with Crippen molar-refractivity contribution in [1.82, 2.24) is 5.32 Å². The van der Waals surface area contributed by atoms with E-state index in [1.807, 2.05) is 21.1 Å². The molecule has 5 heteroatoms. The predicted octanol–water partition coefficient (Wildman–Crippen LogP) is 4.02. The summed E-state index contributed by atoms with van der Waals surface area (Å²) in [6, 6.07) is 10.3. The average Bonchev–Trinajstić information content (AvgIpc) is 2.59. The Balaban J connectivity index is 2.06. The van der Waals surface area contributed by atoms with Crippen LogP contribution in [0.25, 0.3) is 0 Å². The molecule has 0 aromatic heterocycles. The van der Waals surface area contributed by atoms with Crippen molar-refractivity contribution < 1.29 is 19.2 Å². The Morgan fingerprint density at radius 2 is 1.50 bits per heavy atom. The topological polar surface area (TPSA) is 66.4 Å². The summed E-state index contributed by atoms with van der Waals surface area (Å²) in [6.45, 7) is 0.612. The molecule has 5 nitrogen and oxygen atoms in total. The number of benzene rings is 1. The van der Waals surface area contributed by atoms with Gasteiger partial charge in [0, 0.05) is 6.42 Å². The number of nitrogens with one attached hydrogen (secondary N) is 1. The van der Waals surface area contributed by atoms with Gasteiger partial charge in [-0.05, 0) is 24.8 Å². The fraction of sp³-hybridized carbons (Fsp3) is 0.652. The van der Waals surface area contributed by atoms with Crippen molar-refractivity contribution in [2.24, 2.45) is 0 Å². The number of likely N-dealkylation sites (N-methyl/N-ethyl adjacent to an activating group) is 1. The zero-order valence-corrected chi connectivity index (χ0v) is 18.0. The van der Waals surface area contributed by atoms with Crippen LogP contribution >= 0.6 is 0 Å². The number of carbonyl (C=O) groups excluding carboxylic acids is 1. The van der Waals surface area contributed by atoms with Gasteiger partial charge in [-0.1, -0.05) is 62.4 Å². The van der Waals surface area contributed by atoms with Gasteiger partial charge in [-0.3, -0.25) is 9.59 Å². The highest BCUT2D eigenvalue weighted by Crippen LogP contribution is 2.11. The van der Waals surface area contributed by atoms with Crippen LogP contribution in [0, 0.1) is 0 Å². The molecule has 1 rings (SSSR count). The lowest BCUT2D eigenvalue weighted by Gasteiger charge is -2.29. The van der Waals surface area contributed by atoms with Gasteiger partial charge in [-0.2, -0.15) is 0 Å². The van der Waals surface area contributed by atoms with Crippen molar-refractivity contribution in [1.29, 1.82) is 0 Å². The quantitative estimate of drug-likeness (QED) is 0.351. The van der Waals surface area contributed by atoms with Gasteiger partial charge >= 0.3 is 5.97 Å². The van der Waals surface area contributed by atoms with Crippen molar-refractivity contribution in [3.8, 4) is 0 Å². The molecule has 1 atom stereocenters. The van der Waals surface area contributed by atoms with Crippen molar-refractivity contribution >= 4 is 11.9 Å². The summed E-state index contributed by atoms with van der Waals surface area (Å²) in [5.41, 5.74) is 1.42. The summed E-state index contributed by atoms with van der Waals surface area (Å²) in [6.07, 6.45) is 9.70. The molecule has 0 aliphatic heterocycles. The maximum absolute atomic E-state index is 12.1. The van der Waals surface area contributed by atoms with Gasteiger partial charge in [0.25, 0.3) is 0 Å². The first-order valence-corrected chi connectivity index (χ1v) is 10.6. The SMILES string of the molecule is C[N+](C)(C)CC(CC(=O)O)NC(=O)CCCCCCCCCc1ccccc1. The molecular weight excluding hydrogens is 352 g/mol. The van der Waals surface area contributed by atoms with Gasteiger partial charge in [-0.15, -0.1) is 0 Å². The molecule has 0 aliphatic carbocycles. The maximum Gasteiger partial charge on any atom is 0.305 e. The first kappa shape index (κ1) is 24.2. The Labute approximate surface area is 170 Å². The van der Waals surface area contributed by atoms with Gasteiger partial charge in [0.1, 0.15) is 0 Å². The Morgan fingerprint density at radius 1 is 0.929 bits per heavy atom. The van der Waals surface area contributed by atoms with Crippen molar-refractivity contribution in [3.63, 3.8) is 0 Å². The number of carbonyl (C=O) groups is 2. The number of aliphatic carboxylic acids is 1. The summed E-state index contributed by atoms with van der Waals surface area (Å²) in [5, 5.41) is 11.9. The van der Waals surface area contributed by atoms with E-state index < -0.39 is 5.97 Å². The largest absolute Gasteiger partial charge is 0.481 e. The molecule has 0 heterocycles. The number of quaternary nitrogens is 1. The molecule has 158 valence electrons. The molecule has 1 aromatic carbocycles. The minimum Gasteiger partial charge on any atom is -0.481 e. The lowest BCUT2D eigenvalue weighted by molar-refractivity contribution is -0.871. The van der Waals surface area contributed by atoms with Crippen molar-refractivity contribution in [2.75, 3.05) is 27.7 Å². The fourth-order valence-electron chi connectivity index (χ4n) is 3.48. The van der Waals surface area contributed by atoms with E-state index >= 15 is 0 Å². The van der Waals surface area contributed by atoms with Crippen molar-refractivity contribution in [2.45, 2.75) is 70.3 Å². The molecule has 1 aromatic rings. The van der Waals surface area contributed by atoms with E-state index in [-0.39, 0.29) is 18.4 Å². The monoisotopic (exact) mass is 391 g/mol.